The molecule has 1 atom stereocenters. The molecule has 2 heterocycles. The van der Waals surface area contributed by atoms with Gasteiger partial charge in [0.25, 0.3) is 0 Å². The minimum Gasteiger partial charge on any atom is -0.350 e. The molecule has 1 saturated heterocycles. The highest BCUT2D eigenvalue weighted by atomic mass is 16.1. The van der Waals surface area contributed by atoms with Gasteiger partial charge in [0.1, 0.15) is 5.78 Å². The standard InChI is InChI=1S/C14H16N2O/c1-16-9-12(11-4-2-3-5-14(11)16)13-8-10(17)6-7-15-13/h2-5,9,13,15H,6-8H2,1H3. The molecule has 1 aromatic carbocycles. The van der Waals surface area contributed by atoms with Crippen LogP contribution in [0.3, 0.4) is 0 Å². The van der Waals surface area contributed by atoms with Crippen molar-refractivity contribution in [1.29, 1.82) is 0 Å². The molecule has 0 radical (unpaired) electrons. The van der Waals surface area contributed by atoms with E-state index in [1.807, 2.05) is 6.07 Å². The molecule has 2 aromatic rings. The lowest BCUT2D eigenvalue weighted by Crippen LogP contribution is -2.31. The summed E-state index contributed by atoms with van der Waals surface area (Å²) in [4.78, 5) is 11.5. The molecule has 1 aromatic heterocycles. The van der Waals surface area contributed by atoms with E-state index < -0.39 is 0 Å². The smallest absolute Gasteiger partial charge is 0.136 e. The van der Waals surface area contributed by atoms with Crippen molar-refractivity contribution in [3.63, 3.8) is 0 Å². The second-order valence-electron chi connectivity index (χ2n) is 4.71. The Morgan fingerprint density at radius 1 is 1.35 bits per heavy atom. The second-order valence-corrected chi connectivity index (χ2v) is 4.71. The van der Waals surface area contributed by atoms with Crippen molar-refractivity contribution in [3.05, 3.63) is 36.0 Å². The lowest BCUT2D eigenvalue weighted by atomic mass is 9.96. The highest BCUT2D eigenvalue weighted by molar-refractivity contribution is 5.86. The number of piperidine rings is 1. The molecule has 0 spiro atoms. The van der Waals surface area contributed by atoms with Crippen molar-refractivity contribution in [2.24, 2.45) is 7.05 Å². The summed E-state index contributed by atoms with van der Waals surface area (Å²) >= 11 is 0. The predicted molar refractivity (Wildman–Crippen MR) is 67.9 cm³/mol. The zero-order valence-electron chi connectivity index (χ0n) is 9.94. The third-order valence-electron chi connectivity index (χ3n) is 3.53. The van der Waals surface area contributed by atoms with Gasteiger partial charge in [-0.25, -0.2) is 0 Å². The summed E-state index contributed by atoms with van der Waals surface area (Å²) in [5.41, 5.74) is 2.47. The van der Waals surface area contributed by atoms with E-state index in [4.69, 9.17) is 0 Å². The molecular weight excluding hydrogens is 212 g/mol. The van der Waals surface area contributed by atoms with Crippen LogP contribution in [-0.2, 0) is 11.8 Å². The third kappa shape index (κ3) is 1.76. The molecule has 1 fully saturated rings. The first-order chi connectivity index (χ1) is 8.25. The number of carbonyl (C=O) groups excluding carboxylic acids is 1. The Labute approximate surface area is 100 Å². The molecule has 3 nitrogen and oxygen atoms in total. The number of nitrogens with one attached hydrogen (secondary N) is 1. The van der Waals surface area contributed by atoms with Gasteiger partial charge < -0.3 is 9.88 Å². The fraction of sp³-hybridized carbons (Fsp3) is 0.357. The number of para-hydroxylation sites is 1. The molecule has 3 rings (SSSR count). The number of Topliss-reactive ketones (excluding diaryl/α,β-unsaturated/α-hetero) is 1. The number of aromatic nitrogens is 1. The summed E-state index contributed by atoms with van der Waals surface area (Å²) in [6.07, 6.45) is 3.43. The minimum atomic E-state index is 0.183. The van der Waals surface area contributed by atoms with Crippen LogP contribution in [0, 0.1) is 0 Å². The van der Waals surface area contributed by atoms with Crippen molar-refractivity contribution in [3.8, 4) is 0 Å². The van der Waals surface area contributed by atoms with Gasteiger partial charge in [0.15, 0.2) is 0 Å². The Balaban J connectivity index is 2.08. The number of hydrogen-bond donors (Lipinski definition) is 1. The van der Waals surface area contributed by atoms with Gasteiger partial charge in [-0.2, -0.15) is 0 Å². The lowest BCUT2D eigenvalue weighted by Gasteiger charge is -2.22. The van der Waals surface area contributed by atoms with Gasteiger partial charge in [0.05, 0.1) is 0 Å². The molecule has 3 heteroatoms. The van der Waals surface area contributed by atoms with Gasteiger partial charge in [-0.1, -0.05) is 18.2 Å². The van der Waals surface area contributed by atoms with E-state index in [0.29, 0.717) is 18.6 Å². The maximum atomic E-state index is 11.5. The van der Waals surface area contributed by atoms with Crippen molar-refractivity contribution < 1.29 is 4.79 Å². The average Bonchev–Trinajstić information content (AvgIpc) is 2.68. The molecule has 1 N–H and O–H groups in total. The minimum absolute atomic E-state index is 0.183. The summed E-state index contributed by atoms with van der Waals surface area (Å²) < 4.78 is 2.13. The van der Waals surface area contributed by atoms with Crippen LogP contribution >= 0.6 is 0 Å². The summed E-state index contributed by atoms with van der Waals surface area (Å²) in [7, 11) is 2.05. The van der Waals surface area contributed by atoms with Crippen LogP contribution < -0.4 is 5.32 Å². The van der Waals surface area contributed by atoms with E-state index >= 15 is 0 Å². The summed E-state index contributed by atoms with van der Waals surface area (Å²) in [5.74, 6) is 0.363. The number of aryl methyl sites for hydroxylation is 1. The Bertz CT molecular complexity index is 571. The molecule has 1 unspecified atom stereocenters. The third-order valence-corrected chi connectivity index (χ3v) is 3.53. The van der Waals surface area contributed by atoms with Crippen LogP contribution in [0.4, 0.5) is 0 Å². The molecule has 1 aliphatic heterocycles. The molecule has 0 saturated carbocycles. The second kappa shape index (κ2) is 4.00. The molecular formula is C14H16N2O. The largest absolute Gasteiger partial charge is 0.350 e. The lowest BCUT2D eigenvalue weighted by molar-refractivity contribution is -0.120. The number of nitrogens with zero attached hydrogens (tertiary/aromatic N) is 1. The highest BCUT2D eigenvalue weighted by Crippen LogP contribution is 2.29. The van der Waals surface area contributed by atoms with Crippen LogP contribution in [0.1, 0.15) is 24.4 Å². The molecule has 0 aliphatic carbocycles. The van der Waals surface area contributed by atoms with Gasteiger partial charge in [-0.05, 0) is 11.6 Å². The Kier molecular flexibility index (Phi) is 2.48. The summed E-state index contributed by atoms with van der Waals surface area (Å²) in [6.45, 7) is 0.798. The molecule has 0 amide bonds. The van der Waals surface area contributed by atoms with Crippen LogP contribution in [0.5, 0.6) is 0 Å². The van der Waals surface area contributed by atoms with E-state index in [-0.39, 0.29) is 6.04 Å². The van der Waals surface area contributed by atoms with E-state index in [0.717, 1.165) is 6.54 Å². The van der Waals surface area contributed by atoms with E-state index in [9.17, 15) is 4.79 Å². The molecule has 0 bridgehead atoms. The number of benzene rings is 1. The topological polar surface area (TPSA) is 34.0 Å². The van der Waals surface area contributed by atoms with E-state index in [1.54, 1.807) is 0 Å². The fourth-order valence-electron chi connectivity index (χ4n) is 2.66. The predicted octanol–water partition coefficient (Wildman–Crippen LogP) is 2.17. The van der Waals surface area contributed by atoms with Crippen molar-refractivity contribution in [2.75, 3.05) is 6.54 Å². The fourth-order valence-corrected chi connectivity index (χ4v) is 2.66. The highest BCUT2D eigenvalue weighted by Gasteiger charge is 2.23. The molecule has 88 valence electrons. The number of carbonyl (C=O) groups is 1. The van der Waals surface area contributed by atoms with Crippen molar-refractivity contribution in [2.45, 2.75) is 18.9 Å². The zero-order valence-corrected chi connectivity index (χ0v) is 9.94. The van der Waals surface area contributed by atoms with Crippen LogP contribution in [0.2, 0.25) is 0 Å². The van der Waals surface area contributed by atoms with Gasteiger partial charge in [-0.15, -0.1) is 0 Å². The maximum Gasteiger partial charge on any atom is 0.136 e. The van der Waals surface area contributed by atoms with Crippen LogP contribution in [-0.4, -0.2) is 16.9 Å². The van der Waals surface area contributed by atoms with E-state index in [1.165, 1.54) is 16.5 Å². The number of hydrogen-bond acceptors (Lipinski definition) is 2. The maximum absolute atomic E-state index is 11.5. The van der Waals surface area contributed by atoms with Gasteiger partial charge >= 0.3 is 0 Å². The molecule has 17 heavy (non-hydrogen) atoms. The van der Waals surface area contributed by atoms with Crippen LogP contribution in [0.15, 0.2) is 30.5 Å². The summed E-state index contributed by atoms with van der Waals surface area (Å²) in [6, 6.07) is 8.53. The Hall–Kier alpha value is -1.61. The first-order valence-electron chi connectivity index (χ1n) is 6.05. The number of ketones is 1. The number of fused-ring (bicyclic) bond motifs is 1. The quantitative estimate of drug-likeness (QED) is 0.811. The molecule has 1 aliphatic rings. The monoisotopic (exact) mass is 228 g/mol. The van der Waals surface area contributed by atoms with Crippen molar-refractivity contribution in [1.82, 2.24) is 9.88 Å². The summed E-state index contributed by atoms with van der Waals surface area (Å²) in [5, 5.41) is 4.69. The van der Waals surface area contributed by atoms with Crippen LogP contribution in [0.25, 0.3) is 10.9 Å². The number of rotatable bonds is 1. The normalized spacial score (nSPS) is 21.0. The van der Waals surface area contributed by atoms with Gasteiger partial charge in [0, 0.05) is 49.6 Å². The SMILES string of the molecule is Cn1cc(C2CC(=O)CCN2)c2ccccc21. The average molecular weight is 228 g/mol. The first kappa shape index (κ1) is 10.5. The van der Waals surface area contributed by atoms with Gasteiger partial charge in [0.2, 0.25) is 0 Å². The van der Waals surface area contributed by atoms with E-state index in [2.05, 4.69) is 41.3 Å². The van der Waals surface area contributed by atoms with Gasteiger partial charge in [-0.3, -0.25) is 4.79 Å². The zero-order chi connectivity index (χ0) is 11.8. The Morgan fingerprint density at radius 2 is 2.18 bits per heavy atom. The van der Waals surface area contributed by atoms with Crippen molar-refractivity contribution >= 4 is 16.7 Å². The first-order valence-corrected chi connectivity index (χ1v) is 6.05. The Morgan fingerprint density at radius 3 is 3.00 bits per heavy atom.